The van der Waals surface area contributed by atoms with Crippen LogP contribution in [0, 0.1) is 0 Å². The highest BCUT2D eigenvalue weighted by Gasteiger charge is 2.42. The number of fused-ring (bicyclic) bond motifs is 2. The molecule has 0 unspecified atom stereocenters. The van der Waals surface area contributed by atoms with Crippen LogP contribution in [0.15, 0.2) is 121 Å². The second kappa shape index (κ2) is 17.6. The van der Waals surface area contributed by atoms with E-state index < -0.39 is 49.6 Å². The SMILES string of the molecule is O=C(C[C@H](CNC(=O)c1ccc2c(c1)B(O)OC2)NC(=O)c1ccc2c(c1)B(O)OC2)NCCC(=O)OC(c1ccccc1)(c1ccccc1)c1ccccc1Cl. The van der Waals surface area contributed by atoms with Crippen molar-refractivity contribution in [2.75, 3.05) is 13.1 Å². The van der Waals surface area contributed by atoms with Crippen molar-refractivity contribution in [2.45, 2.75) is 37.7 Å². The number of amides is 3. The number of benzene rings is 5. The molecule has 0 aliphatic carbocycles. The minimum absolute atomic E-state index is 0.0882. The predicted octanol–water partition coefficient (Wildman–Crippen LogP) is 2.74. The highest BCUT2D eigenvalue weighted by atomic mass is 35.5. The van der Waals surface area contributed by atoms with E-state index in [1.165, 1.54) is 12.1 Å². The lowest BCUT2D eigenvalue weighted by Crippen LogP contribution is -2.47. The van der Waals surface area contributed by atoms with Crippen LogP contribution in [-0.4, -0.2) is 67.1 Å². The molecule has 5 N–H and O–H groups in total. The van der Waals surface area contributed by atoms with Crippen LogP contribution in [0.5, 0.6) is 0 Å². The molecule has 5 aromatic rings. The molecule has 0 bridgehead atoms. The van der Waals surface area contributed by atoms with Crippen LogP contribution in [-0.2, 0) is 42.4 Å². The quantitative estimate of drug-likeness (QED) is 0.0645. The smallest absolute Gasteiger partial charge is 0.444 e. The Kier molecular flexibility index (Phi) is 12.2. The standard InChI is InChI=1S/C42H38B2ClN3O9/c45-37-14-8-7-13-34(37)42(31-9-3-1-4-10-31,32-11-5-2-6-12-32)57-39(50)19-20-46-38(49)23-33(48-41(52)28-16-18-30-26-56-44(54)36(30)22-28)24-47-40(51)27-15-17-29-25-55-43(53)35(29)21-27/h1-18,21-22,33,53-54H,19-20,23-26H2,(H,46,49)(H,47,51)(H,48,52)/t33-/m1/s1. The molecule has 7 rings (SSSR count). The summed E-state index contributed by atoms with van der Waals surface area (Å²) in [7, 11) is -2.30. The first-order chi connectivity index (χ1) is 27.6. The zero-order chi connectivity index (χ0) is 39.9. The molecule has 57 heavy (non-hydrogen) atoms. The number of esters is 1. The zero-order valence-corrected chi connectivity index (χ0v) is 31.4. The maximum atomic E-state index is 13.7. The van der Waals surface area contributed by atoms with Crippen molar-refractivity contribution >= 4 is 60.5 Å². The van der Waals surface area contributed by atoms with Gasteiger partial charge in [0.25, 0.3) is 11.8 Å². The predicted molar refractivity (Wildman–Crippen MR) is 214 cm³/mol. The first-order valence-corrected chi connectivity index (χ1v) is 18.8. The Morgan fingerprint density at radius 1 is 0.719 bits per heavy atom. The molecule has 0 fully saturated rings. The van der Waals surface area contributed by atoms with Crippen molar-refractivity contribution in [1.29, 1.82) is 0 Å². The molecule has 5 aromatic carbocycles. The van der Waals surface area contributed by atoms with Crippen LogP contribution in [0.4, 0.5) is 0 Å². The first-order valence-electron chi connectivity index (χ1n) is 18.4. The number of carbonyl (C=O) groups is 4. The van der Waals surface area contributed by atoms with Crippen LogP contribution in [0.25, 0.3) is 0 Å². The van der Waals surface area contributed by atoms with E-state index in [0.717, 1.165) is 11.1 Å². The summed E-state index contributed by atoms with van der Waals surface area (Å²) in [5, 5.41) is 29.0. The van der Waals surface area contributed by atoms with E-state index in [2.05, 4.69) is 16.0 Å². The van der Waals surface area contributed by atoms with Crippen LogP contribution in [0.2, 0.25) is 5.02 Å². The van der Waals surface area contributed by atoms with Crippen molar-refractivity contribution < 1.29 is 43.3 Å². The van der Waals surface area contributed by atoms with Crippen LogP contribution >= 0.6 is 11.6 Å². The Labute approximate surface area is 334 Å². The Balaban J connectivity index is 1.04. The molecular weight excluding hydrogens is 748 g/mol. The fourth-order valence-electron chi connectivity index (χ4n) is 7.04. The van der Waals surface area contributed by atoms with Crippen molar-refractivity contribution in [2.24, 2.45) is 0 Å². The van der Waals surface area contributed by atoms with Crippen molar-refractivity contribution in [3.63, 3.8) is 0 Å². The maximum Gasteiger partial charge on any atom is 0.491 e. The van der Waals surface area contributed by atoms with Gasteiger partial charge in [0.15, 0.2) is 5.60 Å². The van der Waals surface area contributed by atoms with E-state index in [9.17, 15) is 29.2 Å². The van der Waals surface area contributed by atoms with Crippen LogP contribution in [0.1, 0.15) is 61.4 Å². The zero-order valence-electron chi connectivity index (χ0n) is 30.7. The average Bonchev–Trinajstić information content (AvgIpc) is 3.80. The van der Waals surface area contributed by atoms with Crippen molar-refractivity contribution in [3.05, 3.63) is 165 Å². The van der Waals surface area contributed by atoms with E-state index >= 15 is 0 Å². The minimum Gasteiger partial charge on any atom is -0.444 e. The largest absolute Gasteiger partial charge is 0.491 e. The van der Waals surface area contributed by atoms with Gasteiger partial charge in [-0.15, -0.1) is 0 Å². The van der Waals surface area contributed by atoms with E-state index in [1.807, 2.05) is 72.8 Å². The summed E-state index contributed by atoms with van der Waals surface area (Å²) >= 11 is 6.76. The lowest BCUT2D eigenvalue weighted by Gasteiger charge is -2.36. The average molecular weight is 786 g/mol. The number of hydrogen-bond acceptors (Lipinski definition) is 9. The van der Waals surface area contributed by atoms with Gasteiger partial charge in [-0.05, 0) is 52.4 Å². The molecule has 1 atom stereocenters. The second-order valence-corrected chi connectivity index (χ2v) is 14.1. The molecule has 0 spiro atoms. The van der Waals surface area contributed by atoms with Crippen LogP contribution in [0.3, 0.4) is 0 Å². The third-order valence-electron chi connectivity index (χ3n) is 9.95. The minimum atomic E-state index is -1.40. The molecule has 2 heterocycles. The van der Waals surface area contributed by atoms with E-state index in [-0.39, 0.29) is 50.3 Å². The summed E-state index contributed by atoms with van der Waals surface area (Å²) in [4.78, 5) is 53.8. The van der Waals surface area contributed by atoms with Gasteiger partial charge in [0, 0.05) is 52.4 Å². The molecule has 12 nitrogen and oxygen atoms in total. The van der Waals surface area contributed by atoms with Gasteiger partial charge in [0.2, 0.25) is 5.91 Å². The Bertz CT molecular complexity index is 2240. The third kappa shape index (κ3) is 8.80. The van der Waals surface area contributed by atoms with E-state index in [4.69, 9.17) is 25.6 Å². The number of carbonyl (C=O) groups excluding carboxylic acids is 4. The third-order valence-corrected chi connectivity index (χ3v) is 10.3. The molecule has 0 saturated carbocycles. The lowest BCUT2D eigenvalue weighted by atomic mass is 9.78. The Morgan fingerprint density at radius 2 is 1.26 bits per heavy atom. The summed E-state index contributed by atoms with van der Waals surface area (Å²) in [6.07, 6.45) is -0.454. The number of rotatable bonds is 14. The molecule has 2 aliphatic rings. The summed E-state index contributed by atoms with van der Waals surface area (Å²) in [5.74, 6) is -2.13. The van der Waals surface area contributed by atoms with Gasteiger partial charge in [-0.3, -0.25) is 19.2 Å². The fourth-order valence-corrected chi connectivity index (χ4v) is 7.31. The first kappa shape index (κ1) is 39.5. The Morgan fingerprint density at radius 3 is 1.84 bits per heavy atom. The highest BCUT2D eigenvalue weighted by Crippen LogP contribution is 2.43. The molecule has 15 heteroatoms. The molecule has 3 amide bonds. The van der Waals surface area contributed by atoms with Gasteiger partial charge in [-0.2, -0.15) is 0 Å². The topological polar surface area (TPSA) is 173 Å². The van der Waals surface area contributed by atoms with Gasteiger partial charge >= 0.3 is 20.2 Å². The number of ether oxygens (including phenoxy) is 1. The molecular formula is C42H38B2ClN3O9. The molecule has 2 aliphatic heterocycles. The summed E-state index contributed by atoms with van der Waals surface area (Å²) in [6.45, 7) is 0.218. The van der Waals surface area contributed by atoms with Crippen molar-refractivity contribution in [1.82, 2.24) is 16.0 Å². The number of halogens is 1. The van der Waals surface area contributed by atoms with Gasteiger partial charge in [0.05, 0.1) is 25.7 Å². The van der Waals surface area contributed by atoms with Crippen LogP contribution < -0.4 is 26.9 Å². The summed E-state index contributed by atoms with van der Waals surface area (Å²) in [5.41, 5.74) is 3.49. The Hall–Kier alpha value is -5.76. The van der Waals surface area contributed by atoms with E-state index in [0.29, 0.717) is 32.6 Å². The monoisotopic (exact) mass is 785 g/mol. The van der Waals surface area contributed by atoms with Gasteiger partial charge in [0.1, 0.15) is 0 Å². The van der Waals surface area contributed by atoms with E-state index in [1.54, 1.807) is 36.4 Å². The lowest BCUT2D eigenvalue weighted by molar-refractivity contribution is -0.153. The highest BCUT2D eigenvalue weighted by molar-refractivity contribution is 6.62. The fraction of sp³-hybridized carbons (Fsp3) is 0.190. The van der Waals surface area contributed by atoms with Crippen molar-refractivity contribution in [3.8, 4) is 0 Å². The molecule has 0 radical (unpaired) electrons. The molecule has 0 aromatic heterocycles. The molecule has 288 valence electrons. The summed E-state index contributed by atoms with van der Waals surface area (Å²) < 4.78 is 16.9. The van der Waals surface area contributed by atoms with Gasteiger partial charge in [-0.25, -0.2) is 0 Å². The normalized spacial score (nSPS) is 13.7. The summed E-state index contributed by atoms with van der Waals surface area (Å²) in [6, 6.07) is 34.5. The van der Waals surface area contributed by atoms with Gasteiger partial charge < -0.3 is 40.0 Å². The maximum absolute atomic E-state index is 13.7. The number of nitrogens with one attached hydrogen (secondary N) is 3. The molecule has 0 saturated heterocycles. The number of hydrogen-bond donors (Lipinski definition) is 5. The second-order valence-electron chi connectivity index (χ2n) is 13.7. The van der Waals surface area contributed by atoms with Gasteiger partial charge in [-0.1, -0.05) is 103 Å².